The highest BCUT2D eigenvalue weighted by molar-refractivity contribution is 6.38. The van der Waals surface area contributed by atoms with Gasteiger partial charge in [0.15, 0.2) is 5.82 Å². The highest BCUT2D eigenvalue weighted by Crippen LogP contribution is 2.37. The summed E-state index contributed by atoms with van der Waals surface area (Å²) in [5.74, 6) is -2.43. The Morgan fingerprint density at radius 1 is 1.22 bits per heavy atom. The van der Waals surface area contributed by atoms with Gasteiger partial charge in [-0.2, -0.15) is 0 Å². The van der Waals surface area contributed by atoms with E-state index in [9.17, 15) is 14.0 Å². The fourth-order valence-corrected chi connectivity index (χ4v) is 4.57. The van der Waals surface area contributed by atoms with Gasteiger partial charge in [0.05, 0.1) is 29.1 Å². The minimum atomic E-state index is -0.906. The van der Waals surface area contributed by atoms with Crippen molar-refractivity contribution in [2.45, 2.75) is 33.6 Å². The first kappa shape index (κ1) is 26.2. The normalized spacial score (nSPS) is 11.3. The van der Waals surface area contributed by atoms with E-state index in [0.717, 1.165) is 12.1 Å². The maximum atomic E-state index is 15.5. The third kappa shape index (κ3) is 4.44. The zero-order valence-corrected chi connectivity index (χ0v) is 21.7. The van der Waals surface area contributed by atoms with Crippen molar-refractivity contribution in [2.24, 2.45) is 0 Å². The first-order valence-electron chi connectivity index (χ1n) is 11.6. The van der Waals surface area contributed by atoms with Crippen molar-refractivity contribution in [3.8, 4) is 22.7 Å². The van der Waals surface area contributed by atoms with Gasteiger partial charge in [0, 0.05) is 18.1 Å². The average molecular weight is 527 g/mol. The second-order valence-corrected chi connectivity index (χ2v) is 9.09. The molecule has 10 heteroatoms. The zero-order chi connectivity index (χ0) is 27.0. The van der Waals surface area contributed by atoms with Crippen LogP contribution in [0.25, 0.3) is 28.0 Å². The predicted molar refractivity (Wildman–Crippen MR) is 139 cm³/mol. The van der Waals surface area contributed by atoms with Crippen molar-refractivity contribution in [1.82, 2.24) is 19.9 Å². The summed E-state index contributed by atoms with van der Waals surface area (Å²) in [7, 11) is 1.33. The van der Waals surface area contributed by atoms with Crippen LogP contribution >= 0.6 is 11.6 Å². The Morgan fingerprint density at radius 2 is 1.95 bits per heavy atom. The minimum absolute atomic E-state index is 0.0111. The molecule has 1 amide bonds. The summed E-state index contributed by atoms with van der Waals surface area (Å²) in [6.45, 7) is 7.53. The van der Waals surface area contributed by atoms with Crippen LogP contribution in [0.5, 0.6) is 5.75 Å². The minimum Gasteiger partial charge on any atom is -0.496 e. The first-order chi connectivity index (χ1) is 17.6. The van der Waals surface area contributed by atoms with Crippen LogP contribution in [-0.4, -0.2) is 34.1 Å². The Hall–Kier alpha value is -3.85. The lowest BCUT2D eigenvalue weighted by molar-refractivity contribution is 0.0954. The standard InChI is InChI=1S/C27H25ClF2N4O3/c1-6-31-26(35)20-21(28)15-12-17(30)23(19-16(29)8-7-9-18(19)37-5)33-25(15)34(27(20)36)24-14(4)10-11-32-22(24)13(2)3/h7-13H,6H2,1-5H3,(H,31,35). The van der Waals surface area contributed by atoms with Gasteiger partial charge in [-0.1, -0.05) is 31.5 Å². The number of carbonyl (C=O) groups is 1. The van der Waals surface area contributed by atoms with E-state index in [1.807, 2.05) is 13.8 Å². The molecule has 0 spiro atoms. The molecule has 0 aliphatic carbocycles. The molecule has 192 valence electrons. The summed E-state index contributed by atoms with van der Waals surface area (Å²) < 4.78 is 36.9. The van der Waals surface area contributed by atoms with Gasteiger partial charge >= 0.3 is 0 Å². The highest BCUT2D eigenvalue weighted by Gasteiger charge is 2.28. The van der Waals surface area contributed by atoms with Gasteiger partial charge < -0.3 is 10.1 Å². The Balaban J connectivity index is 2.25. The topological polar surface area (TPSA) is 86.1 Å². The number of hydrogen-bond acceptors (Lipinski definition) is 5. The molecule has 0 saturated carbocycles. The maximum Gasteiger partial charge on any atom is 0.271 e. The molecule has 37 heavy (non-hydrogen) atoms. The molecule has 0 radical (unpaired) electrons. The molecule has 0 unspecified atom stereocenters. The van der Waals surface area contributed by atoms with Crippen molar-refractivity contribution in [2.75, 3.05) is 13.7 Å². The summed E-state index contributed by atoms with van der Waals surface area (Å²) in [5.41, 5.74) is -0.128. The third-order valence-electron chi connectivity index (χ3n) is 5.96. The van der Waals surface area contributed by atoms with E-state index in [2.05, 4.69) is 15.3 Å². The van der Waals surface area contributed by atoms with Crippen LogP contribution in [0.2, 0.25) is 5.02 Å². The lowest BCUT2D eigenvalue weighted by Crippen LogP contribution is -2.34. The molecular weight excluding hydrogens is 502 g/mol. The van der Waals surface area contributed by atoms with E-state index in [1.165, 1.54) is 23.8 Å². The number of nitrogens with one attached hydrogen (secondary N) is 1. The van der Waals surface area contributed by atoms with Crippen molar-refractivity contribution in [3.05, 3.63) is 80.4 Å². The molecule has 0 bridgehead atoms. The van der Waals surface area contributed by atoms with Crippen molar-refractivity contribution in [1.29, 1.82) is 0 Å². The van der Waals surface area contributed by atoms with E-state index in [4.69, 9.17) is 16.3 Å². The summed E-state index contributed by atoms with van der Waals surface area (Å²) in [6.07, 6.45) is 1.62. The van der Waals surface area contributed by atoms with E-state index in [1.54, 1.807) is 26.1 Å². The lowest BCUT2D eigenvalue weighted by Gasteiger charge is -2.20. The highest BCUT2D eigenvalue weighted by atomic mass is 35.5. The third-order valence-corrected chi connectivity index (χ3v) is 6.35. The summed E-state index contributed by atoms with van der Waals surface area (Å²) >= 11 is 6.54. The van der Waals surface area contributed by atoms with E-state index in [0.29, 0.717) is 16.9 Å². The molecule has 3 heterocycles. The largest absolute Gasteiger partial charge is 0.496 e. The van der Waals surface area contributed by atoms with Crippen LogP contribution in [0, 0.1) is 18.6 Å². The first-order valence-corrected chi connectivity index (χ1v) is 12.0. The fourth-order valence-electron chi connectivity index (χ4n) is 4.27. The number of hydrogen-bond donors (Lipinski definition) is 1. The van der Waals surface area contributed by atoms with Crippen LogP contribution in [0.1, 0.15) is 48.3 Å². The van der Waals surface area contributed by atoms with Gasteiger partial charge in [-0.15, -0.1) is 0 Å². The number of fused-ring (bicyclic) bond motifs is 1. The molecule has 0 saturated heterocycles. The maximum absolute atomic E-state index is 15.5. The number of halogens is 3. The molecule has 3 aromatic heterocycles. The molecule has 4 aromatic rings. The Morgan fingerprint density at radius 3 is 2.59 bits per heavy atom. The Kier molecular flexibility index (Phi) is 7.27. The number of benzene rings is 1. The number of rotatable bonds is 6. The number of ether oxygens (including phenoxy) is 1. The Bertz CT molecular complexity index is 1600. The molecular formula is C27H25ClF2N4O3. The van der Waals surface area contributed by atoms with Crippen LogP contribution in [-0.2, 0) is 0 Å². The summed E-state index contributed by atoms with van der Waals surface area (Å²) in [6, 6.07) is 6.82. The number of pyridine rings is 3. The van der Waals surface area contributed by atoms with Gasteiger partial charge in [0.2, 0.25) is 0 Å². The summed E-state index contributed by atoms with van der Waals surface area (Å²) in [5, 5.41) is 2.34. The molecule has 0 aliphatic rings. The van der Waals surface area contributed by atoms with Gasteiger partial charge in [-0.3, -0.25) is 19.1 Å². The number of nitrogens with zero attached hydrogens (tertiary/aromatic N) is 3. The molecule has 1 aromatic carbocycles. The lowest BCUT2D eigenvalue weighted by atomic mass is 10.0. The molecule has 4 rings (SSSR count). The molecule has 0 fully saturated rings. The number of carbonyl (C=O) groups excluding carboxylic acids is 1. The fraction of sp³-hybridized carbons (Fsp3) is 0.259. The second-order valence-electron chi connectivity index (χ2n) is 8.71. The second kappa shape index (κ2) is 10.3. The molecule has 0 aliphatic heterocycles. The van der Waals surface area contributed by atoms with Crippen LogP contribution < -0.4 is 15.6 Å². The van der Waals surface area contributed by atoms with E-state index in [-0.39, 0.29) is 51.1 Å². The van der Waals surface area contributed by atoms with Crippen molar-refractivity contribution in [3.63, 3.8) is 0 Å². The van der Waals surface area contributed by atoms with Crippen LogP contribution in [0.3, 0.4) is 0 Å². The van der Waals surface area contributed by atoms with Gasteiger partial charge in [-0.25, -0.2) is 13.8 Å². The molecule has 1 N–H and O–H groups in total. The van der Waals surface area contributed by atoms with E-state index < -0.39 is 23.1 Å². The Labute approximate surface area is 217 Å². The number of aromatic nitrogens is 3. The quantitative estimate of drug-likeness (QED) is 0.355. The van der Waals surface area contributed by atoms with Crippen LogP contribution in [0.4, 0.5) is 8.78 Å². The zero-order valence-electron chi connectivity index (χ0n) is 20.9. The molecule has 7 nitrogen and oxygen atoms in total. The number of amides is 1. The SMILES string of the molecule is CCNC(=O)c1c(Cl)c2cc(F)c(-c3c(F)cccc3OC)nc2n(-c2c(C)ccnc2C(C)C)c1=O. The molecule has 0 atom stereocenters. The number of methoxy groups -OCH3 is 1. The number of aryl methyl sites for hydroxylation is 1. The smallest absolute Gasteiger partial charge is 0.271 e. The monoisotopic (exact) mass is 526 g/mol. The van der Waals surface area contributed by atoms with Gasteiger partial charge in [0.1, 0.15) is 28.5 Å². The van der Waals surface area contributed by atoms with Crippen molar-refractivity contribution < 1.29 is 18.3 Å². The predicted octanol–water partition coefficient (Wildman–Crippen LogP) is 5.57. The average Bonchev–Trinajstić information content (AvgIpc) is 2.85. The van der Waals surface area contributed by atoms with Gasteiger partial charge in [-0.05, 0) is 49.6 Å². The van der Waals surface area contributed by atoms with E-state index >= 15 is 4.39 Å². The van der Waals surface area contributed by atoms with Crippen LogP contribution in [0.15, 0.2) is 41.3 Å². The summed E-state index contributed by atoms with van der Waals surface area (Å²) in [4.78, 5) is 35.7. The van der Waals surface area contributed by atoms with Crippen molar-refractivity contribution >= 4 is 28.5 Å². The van der Waals surface area contributed by atoms with Gasteiger partial charge in [0.25, 0.3) is 11.5 Å².